The second-order valence-electron chi connectivity index (χ2n) is 3.55. The van der Waals surface area contributed by atoms with Crippen molar-refractivity contribution in [3.05, 3.63) is 41.9 Å². The summed E-state index contributed by atoms with van der Waals surface area (Å²) in [7, 11) is 0. The minimum Gasteiger partial charge on any atom is -0.478 e. The molecule has 0 amide bonds. The summed E-state index contributed by atoms with van der Waals surface area (Å²) in [5.74, 6) is -0.575. The standard InChI is InChI=1S/C12H7NO4S/c14-12(15)8-3-10(17-5-8)9-6-18-11(13-9)7-1-2-16-4-7/h1-6H,(H,14,15). The van der Waals surface area contributed by atoms with E-state index in [9.17, 15) is 4.79 Å². The first-order valence-electron chi connectivity index (χ1n) is 5.04. The predicted octanol–water partition coefficient (Wildman–Crippen LogP) is 3.36. The van der Waals surface area contributed by atoms with Crippen molar-refractivity contribution >= 4 is 17.3 Å². The molecule has 90 valence electrons. The zero-order valence-electron chi connectivity index (χ0n) is 8.99. The van der Waals surface area contributed by atoms with Gasteiger partial charge in [-0.2, -0.15) is 0 Å². The fraction of sp³-hybridized carbons (Fsp3) is 0. The van der Waals surface area contributed by atoms with E-state index in [1.165, 1.54) is 23.7 Å². The molecule has 0 spiro atoms. The normalized spacial score (nSPS) is 10.7. The summed E-state index contributed by atoms with van der Waals surface area (Å²) in [6.45, 7) is 0. The first-order valence-corrected chi connectivity index (χ1v) is 5.92. The summed E-state index contributed by atoms with van der Waals surface area (Å²) in [4.78, 5) is 15.1. The molecule has 5 nitrogen and oxygen atoms in total. The zero-order chi connectivity index (χ0) is 12.5. The predicted molar refractivity (Wildman–Crippen MR) is 64.5 cm³/mol. The number of rotatable bonds is 3. The molecule has 0 aliphatic rings. The van der Waals surface area contributed by atoms with Crippen LogP contribution in [0.1, 0.15) is 10.4 Å². The maximum atomic E-state index is 10.7. The van der Waals surface area contributed by atoms with Crippen molar-refractivity contribution in [2.45, 2.75) is 0 Å². The van der Waals surface area contributed by atoms with Crippen LogP contribution in [0.5, 0.6) is 0 Å². The van der Waals surface area contributed by atoms with E-state index in [0.29, 0.717) is 11.5 Å². The van der Waals surface area contributed by atoms with Gasteiger partial charge in [-0.25, -0.2) is 9.78 Å². The lowest BCUT2D eigenvalue weighted by atomic mass is 10.3. The molecule has 3 aromatic heterocycles. The minimum atomic E-state index is -1.02. The number of furan rings is 2. The highest BCUT2D eigenvalue weighted by atomic mass is 32.1. The van der Waals surface area contributed by atoms with Crippen LogP contribution in [0.3, 0.4) is 0 Å². The van der Waals surface area contributed by atoms with E-state index in [1.807, 2.05) is 11.4 Å². The molecule has 3 heterocycles. The average Bonchev–Trinajstić information content (AvgIpc) is 3.10. The van der Waals surface area contributed by atoms with Crippen LogP contribution in [-0.2, 0) is 0 Å². The molecule has 0 aliphatic heterocycles. The van der Waals surface area contributed by atoms with Gasteiger partial charge in [-0.3, -0.25) is 0 Å². The third kappa shape index (κ3) is 1.82. The number of carbonyl (C=O) groups is 1. The van der Waals surface area contributed by atoms with Crippen LogP contribution in [-0.4, -0.2) is 16.1 Å². The Morgan fingerprint density at radius 3 is 2.94 bits per heavy atom. The smallest absolute Gasteiger partial charge is 0.338 e. The fourth-order valence-electron chi connectivity index (χ4n) is 1.49. The molecule has 6 heteroatoms. The zero-order valence-corrected chi connectivity index (χ0v) is 9.81. The van der Waals surface area contributed by atoms with E-state index in [0.717, 1.165) is 10.6 Å². The number of hydrogen-bond donors (Lipinski definition) is 1. The number of thiazole rings is 1. The number of carboxylic acids is 1. The van der Waals surface area contributed by atoms with Crippen LogP contribution >= 0.6 is 11.3 Å². The molecule has 0 unspecified atom stereocenters. The summed E-state index contributed by atoms with van der Waals surface area (Å²) in [5.41, 5.74) is 1.61. The van der Waals surface area contributed by atoms with Crippen molar-refractivity contribution in [2.75, 3.05) is 0 Å². The molecule has 0 bridgehead atoms. The van der Waals surface area contributed by atoms with E-state index < -0.39 is 5.97 Å². The molecule has 3 rings (SSSR count). The van der Waals surface area contributed by atoms with Gasteiger partial charge in [0.2, 0.25) is 0 Å². The molecule has 0 aromatic carbocycles. The fourth-order valence-corrected chi connectivity index (χ4v) is 2.28. The van der Waals surface area contributed by atoms with E-state index in [4.69, 9.17) is 13.9 Å². The van der Waals surface area contributed by atoms with E-state index in [-0.39, 0.29) is 5.56 Å². The highest BCUT2D eigenvalue weighted by Gasteiger charge is 2.13. The Bertz CT molecular complexity index is 681. The van der Waals surface area contributed by atoms with Crippen LogP contribution < -0.4 is 0 Å². The van der Waals surface area contributed by atoms with Crippen molar-refractivity contribution < 1.29 is 18.7 Å². The van der Waals surface area contributed by atoms with E-state index in [1.54, 1.807) is 12.5 Å². The van der Waals surface area contributed by atoms with Gasteiger partial charge in [0, 0.05) is 17.0 Å². The third-order valence-electron chi connectivity index (χ3n) is 2.37. The third-order valence-corrected chi connectivity index (χ3v) is 3.26. The first kappa shape index (κ1) is 10.8. The Morgan fingerprint density at radius 1 is 1.39 bits per heavy atom. The molecule has 3 aromatic rings. The van der Waals surface area contributed by atoms with Crippen molar-refractivity contribution in [2.24, 2.45) is 0 Å². The Hall–Kier alpha value is -2.34. The van der Waals surface area contributed by atoms with Gasteiger partial charge < -0.3 is 13.9 Å². The maximum Gasteiger partial charge on any atom is 0.338 e. The minimum absolute atomic E-state index is 0.114. The van der Waals surface area contributed by atoms with Crippen LogP contribution in [0.15, 0.2) is 45.1 Å². The SMILES string of the molecule is O=C(O)c1coc(-c2csc(-c3ccoc3)n2)c1. The van der Waals surface area contributed by atoms with Crippen molar-refractivity contribution in [3.63, 3.8) is 0 Å². The molecule has 0 radical (unpaired) electrons. The van der Waals surface area contributed by atoms with Gasteiger partial charge >= 0.3 is 5.97 Å². The topological polar surface area (TPSA) is 76.5 Å². The molecule has 1 N–H and O–H groups in total. The van der Waals surface area contributed by atoms with Gasteiger partial charge in [0.05, 0.1) is 11.8 Å². The molecular weight excluding hydrogens is 254 g/mol. The highest BCUT2D eigenvalue weighted by Crippen LogP contribution is 2.29. The van der Waals surface area contributed by atoms with Gasteiger partial charge in [-0.1, -0.05) is 0 Å². The molecule has 0 atom stereocenters. The van der Waals surface area contributed by atoms with Gasteiger partial charge in [0.1, 0.15) is 23.2 Å². The summed E-state index contributed by atoms with van der Waals surface area (Å²) in [5, 5.41) is 11.4. The Kier molecular flexibility index (Phi) is 2.49. The van der Waals surface area contributed by atoms with E-state index in [2.05, 4.69) is 4.98 Å². The summed E-state index contributed by atoms with van der Waals surface area (Å²) in [6, 6.07) is 3.27. The monoisotopic (exact) mass is 261 g/mol. The largest absolute Gasteiger partial charge is 0.478 e. The lowest BCUT2D eigenvalue weighted by Crippen LogP contribution is -1.91. The first-order chi connectivity index (χ1) is 8.74. The summed E-state index contributed by atoms with van der Waals surface area (Å²) < 4.78 is 10.2. The van der Waals surface area contributed by atoms with Gasteiger partial charge in [-0.15, -0.1) is 11.3 Å². The molecular formula is C12H7NO4S. The lowest BCUT2D eigenvalue weighted by molar-refractivity contribution is 0.0696. The van der Waals surface area contributed by atoms with Crippen LogP contribution in [0.25, 0.3) is 22.0 Å². The van der Waals surface area contributed by atoms with E-state index >= 15 is 0 Å². The van der Waals surface area contributed by atoms with Crippen molar-refractivity contribution in [1.82, 2.24) is 4.98 Å². The number of carboxylic acid groups (broad SMARTS) is 1. The highest BCUT2D eigenvalue weighted by molar-refractivity contribution is 7.13. The van der Waals surface area contributed by atoms with Crippen LogP contribution in [0.4, 0.5) is 0 Å². The van der Waals surface area contributed by atoms with Gasteiger partial charge in [0.15, 0.2) is 5.76 Å². The number of aromatic carboxylic acids is 1. The second kappa shape index (κ2) is 4.15. The second-order valence-corrected chi connectivity index (χ2v) is 4.41. The maximum absolute atomic E-state index is 10.7. The van der Waals surface area contributed by atoms with Crippen LogP contribution in [0.2, 0.25) is 0 Å². The molecule has 0 saturated heterocycles. The lowest BCUT2D eigenvalue weighted by Gasteiger charge is -1.88. The number of aromatic nitrogens is 1. The number of nitrogens with zero attached hydrogens (tertiary/aromatic N) is 1. The Balaban J connectivity index is 1.95. The molecule has 18 heavy (non-hydrogen) atoms. The summed E-state index contributed by atoms with van der Waals surface area (Å²) in [6.07, 6.45) is 4.38. The molecule has 0 aliphatic carbocycles. The van der Waals surface area contributed by atoms with Crippen LogP contribution in [0, 0.1) is 0 Å². The number of hydrogen-bond acceptors (Lipinski definition) is 5. The van der Waals surface area contributed by atoms with Crippen molar-refractivity contribution in [1.29, 1.82) is 0 Å². The average molecular weight is 261 g/mol. The molecule has 0 saturated carbocycles. The van der Waals surface area contributed by atoms with Crippen molar-refractivity contribution in [3.8, 4) is 22.0 Å². The summed E-state index contributed by atoms with van der Waals surface area (Å²) >= 11 is 1.44. The van der Waals surface area contributed by atoms with Gasteiger partial charge in [0.25, 0.3) is 0 Å². The molecule has 0 fully saturated rings. The Morgan fingerprint density at radius 2 is 2.28 bits per heavy atom. The quantitative estimate of drug-likeness (QED) is 0.782. The Labute approximate surface area is 105 Å². The van der Waals surface area contributed by atoms with Gasteiger partial charge in [-0.05, 0) is 6.07 Å².